The van der Waals surface area contributed by atoms with Gasteiger partial charge in [-0.2, -0.15) is 0 Å². The molecular weight excluding hydrogens is 138 g/mol. The second kappa shape index (κ2) is 2.27. The molecule has 0 aromatic rings. The summed E-state index contributed by atoms with van der Waals surface area (Å²) in [6.45, 7) is 1.17. The molecule has 0 bridgehead atoms. The molecule has 0 aromatic carbocycles. The van der Waals surface area contributed by atoms with Gasteiger partial charge in [0.15, 0.2) is 9.84 Å². The van der Waals surface area contributed by atoms with Crippen LogP contribution in [0.4, 0.5) is 0 Å². The SMILES string of the molecule is [CH2]N1CCS(=O)(=O)CC1. The first-order chi connectivity index (χ1) is 4.10. The number of nitrogens with zero attached hydrogens (tertiary/aromatic N) is 1. The molecule has 53 valence electrons. The minimum absolute atomic E-state index is 0.274. The molecule has 0 amide bonds. The van der Waals surface area contributed by atoms with Gasteiger partial charge in [-0.15, -0.1) is 0 Å². The van der Waals surface area contributed by atoms with Crippen molar-refractivity contribution in [3.63, 3.8) is 0 Å². The third-order valence-corrected chi connectivity index (χ3v) is 3.05. The summed E-state index contributed by atoms with van der Waals surface area (Å²) in [7, 11) is 0.935. The third-order valence-electron chi connectivity index (χ3n) is 1.44. The maximum atomic E-state index is 10.7. The molecule has 0 aromatic heterocycles. The molecular formula is C5H10NO2S. The molecule has 1 saturated heterocycles. The van der Waals surface area contributed by atoms with Crippen molar-refractivity contribution in [2.45, 2.75) is 0 Å². The monoisotopic (exact) mass is 148 g/mol. The van der Waals surface area contributed by atoms with Gasteiger partial charge in [-0.25, -0.2) is 8.42 Å². The van der Waals surface area contributed by atoms with Crippen molar-refractivity contribution in [1.82, 2.24) is 4.90 Å². The Morgan fingerprint density at radius 1 is 1.22 bits per heavy atom. The minimum atomic E-state index is -2.70. The fourth-order valence-electron chi connectivity index (χ4n) is 0.750. The van der Waals surface area contributed by atoms with Gasteiger partial charge in [-0.05, 0) is 0 Å². The fraction of sp³-hybridized carbons (Fsp3) is 0.800. The molecule has 1 fully saturated rings. The van der Waals surface area contributed by atoms with E-state index in [1.54, 1.807) is 4.90 Å². The Kier molecular flexibility index (Phi) is 1.77. The van der Waals surface area contributed by atoms with E-state index in [9.17, 15) is 8.42 Å². The van der Waals surface area contributed by atoms with Crippen LogP contribution in [0.5, 0.6) is 0 Å². The van der Waals surface area contributed by atoms with E-state index in [2.05, 4.69) is 7.05 Å². The first kappa shape index (κ1) is 7.02. The lowest BCUT2D eigenvalue weighted by molar-refractivity contribution is 0.396. The van der Waals surface area contributed by atoms with Gasteiger partial charge in [-0.1, -0.05) is 0 Å². The van der Waals surface area contributed by atoms with Gasteiger partial charge < -0.3 is 4.90 Å². The third kappa shape index (κ3) is 1.95. The van der Waals surface area contributed by atoms with Crippen LogP contribution < -0.4 is 0 Å². The molecule has 0 aliphatic carbocycles. The molecule has 0 spiro atoms. The van der Waals surface area contributed by atoms with Crippen molar-refractivity contribution in [2.75, 3.05) is 24.6 Å². The molecule has 0 atom stereocenters. The summed E-state index contributed by atoms with van der Waals surface area (Å²) in [5.74, 6) is 0.549. The first-order valence-corrected chi connectivity index (χ1v) is 4.68. The van der Waals surface area contributed by atoms with Crippen LogP contribution >= 0.6 is 0 Å². The predicted octanol–water partition coefficient (Wildman–Crippen LogP) is -0.492. The zero-order valence-electron chi connectivity index (χ0n) is 5.21. The van der Waals surface area contributed by atoms with Crippen LogP contribution in [0.3, 0.4) is 0 Å². The average molecular weight is 148 g/mol. The largest absolute Gasteiger partial charge is 0.300 e. The standard InChI is InChI=1S/C5H10NO2S/c1-6-2-4-9(7,8)5-3-6/h1-5H2. The van der Waals surface area contributed by atoms with Gasteiger partial charge in [0.1, 0.15) is 0 Å². The molecule has 3 nitrogen and oxygen atoms in total. The molecule has 1 heterocycles. The van der Waals surface area contributed by atoms with Crippen LogP contribution in [0.15, 0.2) is 0 Å². The van der Waals surface area contributed by atoms with Crippen molar-refractivity contribution in [2.24, 2.45) is 0 Å². The van der Waals surface area contributed by atoms with E-state index in [-0.39, 0.29) is 11.5 Å². The van der Waals surface area contributed by atoms with E-state index in [4.69, 9.17) is 0 Å². The zero-order valence-corrected chi connectivity index (χ0v) is 6.02. The Hall–Kier alpha value is -0.0900. The number of hydrogen-bond donors (Lipinski definition) is 0. The molecule has 0 saturated carbocycles. The summed E-state index contributed by atoms with van der Waals surface area (Å²) in [6.07, 6.45) is 0. The minimum Gasteiger partial charge on any atom is -0.300 e. The zero-order chi connectivity index (χ0) is 6.91. The van der Waals surface area contributed by atoms with Crippen molar-refractivity contribution in [3.8, 4) is 0 Å². The van der Waals surface area contributed by atoms with E-state index in [1.807, 2.05) is 0 Å². The maximum absolute atomic E-state index is 10.7. The summed E-state index contributed by atoms with van der Waals surface area (Å²) in [5, 5.41) is 0. The summed E-state index contributed by atoms with van der Waals surface area (Å²) in [6, 6.07) is 0. The smallest absolute Gasteiger partial charge is 0.152 e. The highest BCUT2D eigenvalue weighted by Crippen LogP contribution is 2.00. The Morgan fingerprint density at radius 2 is 1.67 bits per heavy atom. The molecule has 9 heavy (non-hydrogen) atoms. The predicted molar refractivity (Wildman–Crippen MR) is 35.6 cm³/mol. The van der Waals surface area contributed by atoms with E-state index in [1.165, 1.54) is 0 Å². The normalized spacial score (nSPS) is 28.1. The van der Waals surface area contributed by atoms with Gasteiger partial charge in [-0.3, -0.25) is 0 Å². The van der Waals surface area contributed by atoms with Gasteiger partial charge in [0.05, 0.1) is 11.5 Å². The first-order valence-electron chi connectivity index (χ1n) is 2.86. The van der Waals surface area contributed by atoms with Crippen LogP contribution in [0.25, 0.3) is 0 Å². The molecule has 0 N–H and O–H groups in total. The van der Waals surface area contributed by atoms with Gasteiger partial charge in [0.25, 0.3) is 0 Å². The summed E-state index contributed by atoms with van der Waals surface area (Å²) in [5.41, 5.74) is 0. The second-order valence-corrected chi connectivity index (χ2v) is 4.57. The van der Waals surface area contributed by atoms with Crippen LogP contribution in [0.2, 0.25) is 0 Å². The van der Waals surface area contributed by atoms with E-state index in [0.717, 1.165) is 0 Å². The quantitative estimate of drug-likeness (QED) is 0.465. The Labute approximate surface area is 55.6 Å². The molecule has 0 unspecified atom stereocenters. The van der Waals surface area contributed by atoms with Crippen LogP contribution in [-0.2, 0) is 9.84 Å². The fourth-order valence-corrected chi connectivity index (χ4v) is 2.03. The maximum Gasteiger partial charge on any atom is 0.152 e. The van der Waals surface area contributed by atoms with Gasteiger partial charge in [0.2, 0.25) is 0 Å². The van der Waals surface area contributed by atoms with Crippen LogP contribution in [0, 0.1) is 7.05 Å². The summed E-state index contributed by atoms with van der Waals surface area (Å²) in [4.78, 5) is 1.78. The number of rotatable bonds is 0. The van der Waals surface area contributed by atoms with Crippen LogP contribution in [0.1, 0.15) is 0 Å². The van der Waals surface area contributed by atoms with Crippen molar-refractivity contribution in [1.29, 1.82) is 0 Å². The lowest BCUT2D eigenvalue weighted by atomic mass is 10.6. The molecule has 1 aliphatic heterocycles. The molecule has 1 rings (SSSR count). The van der Waals surface area contributed by atoms with Crippen LogP contribution in [-0.4, -0.2) is 37.9 Å². The molecule has 1 aliphatic rings. The lowest BCUT2D eigenvalue weighted by Gasteiger charge is -2.20. The highest BCUT2D eigenvalue weighted by molar-refractivity contribution is 7.91. The van der Waals surface area contributed by atoms with E-state index in [0.29, 0.717) is 13.1 Å². The van der Waals surface area contributed by atoms with Crippen molar-refractivity contribution in [3.05, 3.63) is 7.05 Å². The Bertz CT molecular complexity index is 171. The van der Waals surface area contributed by atoms with Crippen molar-refractivity contribution < 1.29 is 8.42 Å². The highest BCUT2D eigenvalue weighted by atomic mass is 32.2. The Balaban J connectivity index is 2.55. The van der Waals surface area contributed by atoms with Gasteiger partial charge >= 0.3 is 0 Å². The second-order valence-electron chi connectivity index (χ2n) is 2.27. The topological polar surface area (TPSA) is 37.4 Å². The molecule has 4 heteroatoms. The van der Waals surface area contributed by atoms with E-state index < -0.39 is 9.84 Å². The number of hydrogen-bond acceptors (Lipinski definition) is 3. The summed E-state index contributed by atoms with van der Waals surface area (Å²) >= 11 is 0. The lowest BCUT2D eigenvalue weighted by Crippen LogP contribution is -2.36. The van der Waals surface area contributed by atoms with Crippen molar-refractivity contribution >= 4 is 9.84 Å². The average Bonchev–Trinajstić information content (AvgIpc) is 1.78. The number of sulfone groups is 1. The highest BCUT2D eigenvalue weighted by Gasteiger charge is 2.18. The van der Waals surface area contributed by atoms with E-state index >= 15 is 0 Å². The van der Waals surface area contributed by atoms with Gasteiger partial charge in [0, 0.05) is 20.1 Å². The summed E-state index contributed by atoms with van der Waals surface area (Å²) < 4.78 is 21.5. The Morgan fingerprint density at radius 3 is 2.00 bits per heavy atom. The molecule has 1 radical (unpaired) electrons.